The number of hydrogen-bond acceptors (Lipinski definition) is 3. The minimum absolute atomic E-state index is 0.469. The minimum atomic E-state index is 0.469. The van der Waals surface area contributed by atoms with Gasteiger partial charge in [0.2, 0.25) is 0 Å². The van der Waals surface area contributed by atoms with Crippen molar-refractivity contribution in [2.24, 2.45) is 5.73 Å². The van der Waals surface area contributed by atoms with Crippen LogP contribution < -0.4 is 11.1 Å². The summed E-state index contributed by atoms with van der Waals surface area (Å²) in [5, 5.41) is 3.50. The molecule has 3 nitrogen and oxygen atoms in total. The second kappa shape index (κ2) is 4.80. The van der Waals surface area contributed by atoms with E-state index in [-0.39, 0.29) is 0 Å². The average Bonchev–Trinajstić information content (AvgIpc) is 1.93. The maximum Gasteiger partial charge on any atom is 0.00965 e. The molecule has 72 valence electrons. The second-order valence-electron chi connectivity index (χ2n) is 4.04. The summed E-state index contributed by atoms with van der Waals surface area (Å²) in [6.07, 6.45) is 3.57. The van der Waals surface area contributed by atoms with Gasteiger partial charge in [-0.2, -0.15) is 0 Å². The topological polar surface area (TPSA) is 41.3 Å². The molecule has 0 aromatic rings. The van der Waals surface area contributed by atoms with Gasteiger partial charge in [-0.15, -0.1) is 0 Å². The molecule has 0 aromatic heterocycles. The molecule has 1 saturated carbocycles. The van der Waals surface area contributed by atoms with Crippen molar-refractivity contribution in [1.29, 1.82) is 0 Å². The van der Waals surface area contributed by atoms with Gasteiger partial charge in [-0.25, -0.2) is 0 Å². The predicted octanol–water partition coefficient (Wildman–Crippen LogP) is 0.0174. The summed E-state index contributed by atoms with van der Waals surface area (Å²) >= 11 is 0. The molecule has 1 aliphatic carbocycles. The summed E-state index contributed by atoms with van der Waals surface area (Å²) in [7, 11) is 4.22. The van der Waals surface area contributed by atoms with E-state index in [2.05, 4.69) is 24.3 Å². The highest BCUT2D eigenvalue weighted by Crippen LogP contribution is 2.16. The zero-order chi connectivity index (χ0) is 8.97. The highest BCUT2D eigenvalue weighted by atomic mass is 15.1. The summed E-state index contributed by atoms with van der Waals surface area (Å²) in [6.45, 7) is 2.31. The van der Waals surface area contributed by atoms with Gasteiger partial charge in [0.05, 0.1) is 0 Å². The van der Waals surface area contributed by atoms with Crippen molar-refractivity contribution < 1.29 is 0 Å². The normalized spacial score (nSPS) is 29.0. The molecule has 0 aliphatic heterocycles. The number of rotatable bonds is 5. The third kappa shape index (κ3) is 3.52. The molecule has 12 heavy (non-hydrogen) atoms. The van der Waals surface area contributed by atoms with Crippen LogP contribution in [0.25, 0.3) is 0 Å². The van der Waals surface area contributed by atoms with Gasteiger partial charge < -0.3 is 16.0 Å². The van der Waals surface area contributed by atoms with Gasteiger partial charge in [-0.1, -0.05) is 0 Å². The van der Waals surface area contributed by atoms with Crippen molar-refractivity contribution in [3.8, 4) is 0 Å². The summed E-state index contributed by atoms with van der Waals surface area (Å²) < 4.78 is 0. The Balaban J connectivity index is 1.83. The van der Waals surface area contributed by atoms with Crippen molar-refractivity contribution >= 4 is 0 Å². The Morgan fingerprint density at radius 2 is 2.08 bits per heavy atom. The van der Waals surface area contributed by atoms with Crippen molar-refractivity contribution in [3.05, 3.63) is 0 Å². The molecule has 3 heteroatoms. The highest BCUT2D eigenvalue weighted by Gasteiger charge is 2.24. The van der Waals surface area contributed by atoms with Gasteiger partial charge in [0.25, 0.3) is 0 Å². The number of nitrogens with one attached hydrogen (secondary N) is 1. The molecule has 3 N–H and O–H groups in total. The largest absolute Gasteiger partial charge is 0.328 e. The van der Waals surface area contributed by atoms with Crippen LogP contribution in [0.2, 0.25) is 0 Å². The first-order valence-electron chi connectivity index (χ1n) is 4.82. The fraction of sp³-hybridized carbons (Fsp3) is 1.00. The van der Waals surface area contributed by atoms with Crippen LogP contribution in [0.1, 0.15) is 19.3 Å². The molecule has 0 aromatic carbocycles. The van der Waals surface area contributed by atoms with Gasteiger partial charge >= 0.3 is 0 Å². The zero-order valence-electron chi connectivity index (χ0n) is 8.21. The molecule has 0 amide bonds. The second-order valence-corrected chi connectivity index (χ2v) is 4.04. The maximum atomic E-state index is 5.67. The summed E-state index contributed by atoms with van der Waals surface area (Å²) in [5.41, 5.74) is 5.67. The van der Waals surface area contributed by atoms with Gasteiger partial charge in [-0.05, 0) is 46.4 Å². The van der Waals surface area contributed by atoms with E-state index in [9.17, 15) is 0 Å². The Bertz CT molecular complexity index is 119. The van der Waals surface area contributed by atoms with Crippen LogP contribution in [-0.4, -0.2) is 44.2 Å². The first kappa shape index (κ1) is 9.96. The van der Waals surface area contributed by atoms with Crippen LogP contribution >= 0.6 is 0 Å². The van der Waals surface area contributed by atoms with E-state index in [4.69, 9.17) is 5.73 Å². The van der Waals surface area contributed by atoms with E-state index < -0.39 is 0 Å². The Morgan fingerprint density at radius 3 is 2.58 bits per heavy atom. The van der Waals surface area contributed by atoms with Gasteiger partial charge in [0.15, 0.2) is 0 Å². The number of nitrogens with zero attached hydrogens (tertiary/aromatic N) is 1. The Hall–Kier alpha value is -0.120. The van der Waals surface area contributed by atoms with Crippen molar-refractivity contribution in [2.45, 2.75) is 31.3 Å². The smallest absolute Gasteiger partial charge is 0.00965 e. The van der Waals surface area contributed by atoms with E-state index in [1.807, 2.05) is 0 Å². The Morgan fingerprint density at radius 1 is 1.42 bits per heavy atom. The third-order valence-corrected chi connectivity index (χ3v) is 2.39. The lowest BCUT2D eigenvalue weighted by Gasteiger charge is -2.33. The van der Waals surface area contributed by atoms with Crippen LogP contribution in [0, 0.1) is 0 Å². The Labute approximate surface area is 75.3 Å². The fourth-order valence-electron chi connectivity index (χ4n) is 1.53. The van der Waals surface area contributed by atoms with E-state index in [0.29, 0.717) is 12.1 Å². The fourth-order valence-corrected chi connectivity index (χ4v) is 1.53. The molecule has 1 aliphatic rings. The van der Waals surface area contributed by atoms with Gasteiger partial charge in [0.1, 0.15) is 0 Å². The van der Waals surface area contributed by atoms with E-state index in [0.717, 1.165) is 6.54 Å². The standard InChI is InChI=1S/C9H21N3/c1-12(2)5-3-4-11-9-6-8(10)7-9/h8-9,11H,3-7,10H2,1-2H3. The molecule has 0 radical (unpaired) electrons. The van der Waals surface area contributed by atoms with Gasteiger partial charge in [0, 0.05) is 12.1 Å². The monoisotopic (exact) mass is 171 g/mol. The predicted molar refractivity (Wildman–Crippen MR) is 52.2 cm³/mol. The molecule has 0 unspecified atom stereocenters. The lowest BCUT2D eigenvalue weighted by Crippen LogP contribution is -2.48. The zero-order valence-corrected chi connectivity index (χ0v) is 8.21. The Kier molecular flexibility index (Phi) is 3.98. The SMILES string of the molecule is CN(C)CCCNC1CC(N)C1. The van der Waals surface area contributed by atoms with Crippen molar-refractivity contribution in [2.75, 3.05) is 27.2 Å². The third-order valence-electron chi connectivity index (χ3n) is 2.39. The van der Waals surface area contributed by atoms with E-state index >= 15 is 0 Å². The summed E-state index contributed by atoms with van der Waals surface area (Å²) in [6, 6.07) is 1.18. The summed E-state index contributed by atoms with van der Waals surface area (Å²) in [5.74, 6) is 0. The molecule has 1 rings (SSSR count). The highest BCUT2D eigenvalue weighted by molar-refractivity contribution is 4.87. The minimum Gasteiger partial charge on any atom is -0.328 e. The molecule has 0 atom stereocenters. The molecular weight excluding hydrogens is 150 g/mol. The average molecular weight is 171 g/mol. The molecule has 0 bridgehead atoms. The van der Waals surface area contributed by atoms with Crippen LogP contribution in [-0.2, 0) is 0 Å². The van der Waals surface area contributed by atoms with Crippen LogP contribution in [0.15, 0.2) is 0 Å². The lowest BCUT2D eigenvalue weighted by atomic mass is 9.88. The number of hydrogen-bond donors (Lipinski definition) is 2. The van der Waals surface area contributed by atoms with E-state index in [1.54, 1.807) is 0 Å². The first-order chi connectivity index (χ1) is 5.68. The van der Waals surface area contributed by atoms with Crippen LogP contribution in [0.5, 0.6) is 0 Å². The van der Waals surface area contributed by atoms with Crippen molar-refractivity contribution in [3.63, 3.8) is 0 Å². The quantitative estimate of drug-likeness (QED) is 0.573. The molecule has 0 saturated heterocycles. The van der Waals surface area contributed by atoms with Crippen LogP contribution in [0.4, 0.5) is 0 Å². The van der Waals surface area contributed by atoms with Crippen LogP contribution in [0.3, 0.4) is 0 Å². The van der Waals surface area contributed by atoms with E-state index in [1.165, 1.54) is 25.8 Å². The maximum absolute atomic E-state index is 5.67. The number of nitrogens with two attached hydrogens (primary N) is 1. The molecule has 1 fully saturated rings. The first-order valence-corrected chi connectivity index (χ1v) is 4.82. The van der Waals surface area contributed by atoms with Gasteiger partial charge in [-0.3, -0.25) is 0 Å². The molecule has 0 spiro atoms. The molecule has 0 heterocycles. The van der Waals surface area contributed by atoms with Crippen molar-refractivity contribution in [1.82, 2.24) is 10.2 Å². The summed E-state index contributed by atoms with van der Waals surface area (Å²) in [4.78, 5) is 2.22. The lowest BCUT2D eigenvalue weighted by molar-refractivity contribution is 0.285. The molecular formula is C9H21N3.